The van der Waals surface area contributed by atoms with Gasteiger partial charge in [-0.2, -0.15) is 0 Å². The molecular formula is C14H21NO2. The van der Waals surface area contributed by atoms with Crippen molar-refractivity contribution >= 4 is 5.78 Å². The fourth-order valence-electron chi connectivity index (χ4n) is 2.11. The van der Waals surface area contributed by atoms with Gasteiger partial charge in [0.25, 0.3) is 0 Å². The Morgan fingerprint density at radius 1 is 1.35 bits per heavy atom. The molecule has 1 unspecified atom stereocenters. The lowest BCUT2D eigenvalue weighted by Gasteiger charge is -2.14. The number of hydrogen-bond donors (Lipinski definition) is 1. The molecule has 1 aromatic rings. The zero-order valence-corrected chi connectivity index (χ0v) is 11.0. The van der Waals surface area contributed by atoms with Crippen LogP contribution >= 0.6 is 0 Å². The van der Waals surface area contributed by atoms with Crippen molar-refractivity contribution in [3.8, 4) is 5.75 Å². The summed E-state index contributed by atoms with van der Waals surface area (Å²) in [6, 6.07) is 3.76. The van der Waals surface area contributed by atoms with Gasteiger partial charge in [0.15, 0.2) is 5.78 Å². The van der Waals surface area contributed by atoms with E-state index in [2.05, 4.69) is 0 Å². The number of benzene rings is 1. The smallest absolute Gasteiger partial charge is 0.167 e. The van der Waals surface area contributed by atoms with Crippen LogP contribution in [0.5, 0.6) is 5.75 Å². The predicted molar refractivity (Wildman–Crippen MR) is 69.6 cm³/mol. The molecule has 0 aliphatic carbocycles. The molecule has 94 valence electrons. The van der Waals surface area contributed by atoms with Crippen LogP contribution in [0, 0.1) is 19.8 Å². The van der Waals surface area contributed by atoms with E-state index in [-0.39, 0.29) is 11.7 Å². The number of nitrogens with two attached hydrogens (primary N) is 1. The number of methoxy groups -OCH3 is 1. The van der Waals surface area contributed by atoms with Gasteiger partial charge in [0, 0.05) is 18.0 Å². The highest BCUT2D eigenvalue weighted by Crippen LogP contribution is 2.25. The van der Waals surface area contributed by atoms with Crippen LogP contribution in [0.1, 0.15) is 34.8 Å². The molecule has 17 heavy (non-hydrogen) atoms. The first-order chi connectivity index (χ1) is 8.04. The Morgan fingerprint density at radius 2 is 1.88 bits per heavy atom. The zero-order valence-electron chi connectivity index (χ0n) is 11.0. The molecule has 0 radical (unpaired) electrons. The molecular weight excluding hydrogens is 214 g/mol. The van der Waals surface area contributed by atoms with Crippen molar-refractivity contribution in [1.82, 2.24) is 0 Å². The maximum atomic E-state index is 12.2. The van der Waals surface area contributed by atoms with E-state index in [0.717, 1.165) is 28.9 Å². The van der Waals surface area contributed by atoms with Gasteiger partial charge in [-0.05, 0) is 43.5 Å². The van der Waals surface area contributed by atoms with Gasteiger partial charge in [0.2, 0.25) is 0 Å². The van der Waals surface area contributed by atoms with E-state index in [1.807, 2.05) is 32.9 Å². The Morgan fingerprint density at radius 3 is 2.24 bits per heavy atom. The highest BCUT2D eigenvalue weighted by Gasteiger charge is 2.18. The fourth-order valence-corrected chi connectivity index (χ4v) is 2.11. The minimum atomic E-state index is -0.0813. The van der Waals surface area contributed by atoms with Crippen molar-refractivity contribution in [1.29, 1.82) is 0 Å². The third-order valence-electron chi connectivity index (χ3n) is 3.10. The third kappa shape index (κ3) is 2.86. The van der Waals surface area contributed by atoms with Gasteiger partial charge in [0.05, 0.1) is 7.11 Å². The molecule has 1 rings (SSSR count). The maximum Gasteiger partial charge on any atom is 0.167 e. The molecule has 0 bridgehead atoms. The molecule has 2 N–H and O–H groups in total. The van der Waals surface area contributed by atoms with Crippen LogP contribution < -0.4 is 10.5 Å². The molecule has 0 saturated carbocycles. The second-order valence-corrected chi connectivity index (χ2v) is 4.35. The van der Waals surface area contributed by atoms with Crippen LogP contribution in [0.3, 0.4) is 0 Å². The molecule has 0 amide bonds. The van der Waals surface area contributed by atoms with Gasteiger partial charge in [-0.15, -0.1) is 0 Å². The lowest BCUT2D eigenvalue weighted by molar-refractivity contribution is 0.0921. The maximum absolute atomic E-state index is 12.2. The van der Waals surface area contributed by atoms with Crippen LogP contribution in [-0.2, 0) is 0 Å². The lowest BCUT2D eigenvalue weighted by atomic mass is 9.93. The Kier molecular flexibility index (Phi) is 4.70. The van der Waals surface area contributed by atoms with E-state index < -0.39 is 0 Å². The Bertz CT molecular complexity index is 386. The lowest BCUT2D eigenvalue weighted by Crippen LogP contribution is -2.23. The number of rotatable bonds is 5. The number of hydrogen-bond acceptors (Lipinski definition) is 3. The molecule has 3 heteroatoms. The number of Topliss-reactive ketones (excluding diaryl/α,β-unsaturated/α-hetero) is 1. The second-order valence-electron chi connectivity index (χ2n) is 4.35. The van der Waals surface area contributed by atoms with Gasteiger partial charge in [0.1, 0.15) is 5.75 Å². The molecule has 0 heterocycles. The highest BCUT2D eigenvalue weighted by molar-refractivity contribution is 5.98. The van der Waals surface area contributed by atoms with E-state index >= 15 is 0 Å². The molecule has 0 aromatic heterocycles. The summed E-state index contributed by atoms with van der Waals surface area (Å²) >= 11 is 0. The predicted octanol–water partition coefficient (Wildman–Crippen LogP) is 2.48. The summed E-state index contributed by atoms with van der Waals surface area (Å²) < 4.78 is 5.29. The topological polar surface area (TPSA) is 52.3 Å². The first-order valence-corrected chi connectivity index (χ1v) is 5.94. The van der Waals surface area contributed by atoms with Crippen LogP contribution in [0.2, 0.25) is 0 Å². The zero-order chi connectivity index (χ0) is 13.0. The minimum Gasteiger partial charge on any atom is -0.496 e. The molecule has 3 nitrogen and oxygen atoms in total. The Balaban J connectivity index is 3.12. The fraction of sp³-hybridized carbons (Fsp3) is 0.500. The van der Waals surface area contributed by atoms with E-state index in [0.29, 0.717) is 6.54 Å². The van der Waals surface area contributed by atoms with Crippen molar-refractivity contribution in [2.75, 3.05) is 13.7 Å². The van der Waals surface area contributed by atoms with Gasteiger partial charge >= 0.3 is 0 Å². The monoisotopic (exact) mass is 235 g/mol. The van der Waals surface area contributed by atoms with E-state index in [9.17, 15) is 4.79 Å². The SMILES string of the molecule is CCC(CN)C(=O)c1cc(C)c(OC)c(C)c1. The van der Waals surface area contributed by atoms with Crippen molar-refractivity contribution in [3.05, 3.63) is 28.8 Å². The van der Waals surface area contributed by atoms with E-state index in [4.69, 9.17) is 10.5 Å². The number of ketones is 1. The molecule has 1 atom stereocenters. The molecule has 1 aromatic carbocycles. The van der Waals surface area contributed by atoms with Crippen LogP contribution in [0.25, 0.3) is 0 Å². The highest BCUT2D eigenvalue weighted by atomic mass is 16.5. The van der Waals surface area contributed by atoms with Crippen molar-refractivity contribution in [2.24, 2.45) is 11.7 Å². The number of aryl methyl sites for hydroxylation is 2. The Hall–Kier alpha value is -1.35. The average Bonchev–Trinajstić information content (AvgIpc) is 2.30. The van der Waals surface area contributed by atoms with Crippen LogP contribution in [-0.4, -0.2) is 19.4 Å². The second kappa shape index (κ2) is 5.82. The normalized spacial score (nSPS) is 12.3. The van der Waals surface area contributed by atoms with Gasteiger partial charge in [-0.1, -0.05) is 6.92 Å². The van der Waals surface area contributed by atoms with Crippen molar-refractivity contribution in [3.63, 3.8) is 0 Å². The summed E-state index contributed by atoms with van der Waals surface area (Å²) in [6.45, 7) is 6.29. The summed E-state index contributed by atoms with van der Waals surface area (Å²) in [5, 5.41) is 0. The first kappa shape index (κ1) is 13.7. The molecule has 0 aliphatic rings. The van der Waals surface area contributed by atoms with Crippen molar-refractivity contribution < 1.29 is 9.53 Å². The summed E-state index contributed by atoms with van der Waals surface area (Å²) in [4.78, 5) is 12.2. The average molecular weight is 235 g/mol. The standard InChI is InChI=1S/C14H21NO2/c1-5-11(8-15)13(16)12-6-9(2)14(17-4)10(3)7-12/h6-7,11H,5,8,15H2,1-4H3. The third-order valence-corrected chi connectivity index (χ3v) is 3.10. The van der Waals surface area contributed by atoms with E-state index in [1.54, 1.807) is 7.11 Å². The minimum absolute atomic E-state index is 0.0813. The molecule has 0 saturated heterocycles. The quantitative estimate of drug-likeness (QED) is 0.798. The summed E-state index contributed by atoms with van der Waals surface area (Å²) in [5.41, 5.74) is 8.32. The molecule has 0 spiro atoms. The van der Waals surface area contributed by atoms with Gasteiger partial charge < -0.3 is 10.5 Å². The summed E-state index contributed by atoms with van der Waals surface area (Å²) in [6.07, 6.45) is 0.777. The van der Waals surface area contributed by atoms with Crippen LogP contribution in [0.4, 0.5) is 0 Å². The number of carbonyl (C=O) groups is 1. The number of carbonyl (C=O) groups excluding carboxylic acids is 1. The van der Waals surface area contributed by atoms with Crippen LogP contribution in [0.15, 0.2) is 12.1 Å². The molecule has 0 aliphatic heterocycles. The first-order valence-electron chi connectivity index (χ1n) is 5.94. The van der Waals surface area contributed by atoms with Gasteiger partial charge in [-0.3, -0.25) is 4.79 Å². The largest absolute Gasteiger partial charge is 0.496 e. The number of ether oxygens (including phenoxy) is 1. The molecule has 0 fully saturated rings. The Labute approximate surface area is 103 Å². The summed E-state index contributed by atoms with van der Waals surface area (Å²) in [7, 11) is 1.64. The van der Waals surface area contributed by atoms with Gasteiger partial charge in [-0.25, -0.2) is 0 Å². The van der Waals surface area contributed by atoms with E-state index in [1.165, 1.54) is 0 Å². The van der Waals surface area contributed by atoms with Crippen molar-refractivity contribution in [2.45, 2.75) is 27.2 Å². The summed E-state index contributed by atoms with van der Waals surface area (Å²) in [5.74, 6) is 0.897.